The molecule has 0 unspecified atom stereocenters. The first-order valence-electron chi connectivity index (χ1n) is 8.44. The number of nitrogens with one attached hydrogen (secondary N) is 1. The topological polar surface area (TPSA) is 127 Å². The maximum atomic E-state index is 12.5. The lowest BCUT2D eigenvalue weighted by Gasteiger charge is -2.26. The number of carboxylic acid groups (broad SMARTS) is 1. The van der Waals surface area contributed by atoms with E-state index in [1.807, 2.05) is 6.07 Å². The van der Waals surface area contributed by atoms with Crippen LogP contribution in [0.3, 0.4) is 0 Å². The lowest BCUT2D eigenvalue weighted by atomic mass is 9.86. The number of para-hydroxylation sites is 1. The second-order valence-electron chi connectivity index (χ2n) is 6.39. The fourth-order valence-electron chi connectivity index (χ4n) is 3.18. The molecular weight excluding hydrogens is 336 g/mol. The number of primary amides is 1. The van der Waals surface area contributed by atoms with Crippen molar-refractivity contribution in [2.24, 2.45) is 11.7 Å². The largest absolute Gasteiger partial charge is 0.481 e. The Balaban J connectivity index is 1.74. The molecule has 0 radical (unpaired) electrons. The first-order valence-corrected chi connectivity index (χ1v) is 8.44. The molecule has 8 nitrogen and oxygen atoms in total. The highest BCUT2D eigenvalue weighted by molar-refractivity contribution is 5.97. The molecule has 8 heteroatoms. The molecule has 0 atom stereocenters. The summed E-state index contributed by atoms with van der Waals surface area (Å²) in [4.78, 5) is 35.2. The summed E-state index contributed by atoms with van der Waals surface area (Å²) in [5.41, 5.74) is 6.25. The van der Waals surface area contributed by atoms with Gasteiger partial charge in [0.15, 0.2) is 5.69 Å². The monoisotopic (exact) mass is 356 g/mol. The molecule has 136 valence electrons. The fourth-order valence-corrected chi connectivity index (χ4v) is 3.18. The number of carbonyl (C=O) groups is 3. The third-order valence-corrected chi connectivity index (χ3v) is 4.61. The number of hydrogen-bond acceptors (Lipinski definition) is 4. The van der Waals surface area contributed by atoms with Crippen molar-refractivity contribution in [1.29, 1.82) is 0 Å². The SMILES string of the molecule is NC(=O)c1cc(C(=O)NC2CCC(C(=O)O)CC2)nn1-c1ccccc1. The molecule has 26 heavy (non-hydrogen) atoms. The summed E-state index contributed by atoms with van der Waals surface area (Å²) in [5.74, 6) is -2.22. The van der Waals surface area contributed by atoms with Crippen LogP contribution in [0.5, 0.6) is 0 Å². The number of aromatic nitrogens is 2. The summed E-state index contributed by atoms with van der Waals surface area (Å²) in [6, 6.07) is 10.2. The van der Waals surface area contributed by atoms with Gasteiger partial charge in [-0.25, -0.2) is 4.68 Å². The van der Waals surface area contributed by atoms with Crippen molar-refractivity contribution in [2.45, 2.75) is 31.7 Å². The van der Waals surface area contributed by atoms with Crippen LogP contribution in [0.15, 0.2) is 36.4 Å². The minimum absolute atomic E-state index is 0.1000. The van der Waals surface area contributed by atoms with E-state index in [0.29, 0.717) is 31.4 Å². The highest BCUT2D eigenvalue weighted by atomic mass is 16.4. The van der Waals surface area contributed by atoms with Crippen LogP contribution in [0.1, 0.15) is 46.7 Å². The Hall–Kier alpha value is -3.16. The number of hydrogen-bond donors (Lipinski definition) is 3. The molecule has 4 N–H and O–H groups in total. The minimum atomic E-state index is -0.789. The predicted octanol–water partition coefficient (Wildman–Crippen LogP) is 1.34. The van der Waals surface area contributed by atoms with Gasteiger partial charge in [-0.3, -0.25) is 14.4 Å². The molecule has 0 spiro atoms. The highest BCUT2D eigenvalue weighted by Crippen LogP contribution is 2.24. The smallest absolute Gasteiger partial charge is 0.306 e. The normalized spacial score (nSPS) is 19.7. The molecule has 1 saturated carbocycles. The highest BCUT2D eigenvalue weighted by Gasteiger charge is 2.28. The lowest BCUT2D eigenvalue weighted by Crippen LogP contribution is -2.38. The molecule has 0 bridgehead atoms. The van der Waals surface area contributed by atoms with Gasteiger partial charge in [-0.2, -0.15) is 5.10 Å². The van der Waals surface area contributed by atoms with Crippen LogP contribution in [0.25, 0.3) is 5.69 Å². The fraction of sp³-hybridized carbons (Fsp3) is 0.333. The molecule has 0 aliphatic heterocycles. The number of rotatable bonds is 5. The number of benzene rings is 1. The van der Waals surface area contributed by atoms with Crippen LogP contribution in [-0.4, -0.2) is 38.7 Å². The Morgan fingerprint density at radius 3 is 2.35 bits per heavy atom. The molecule has 2 aromatic rings. The maximum Gasteiger partial charge on any atom is 0.306 e. The molecule has 1 aliphatic carbocycles. The maximum absolute atomic E-state index is 12.5. The second kappa shape index (κ2) is 7.38. The van der Waals surface area contributed by atoms with Crippen molar-refractivity contribution in [3.63, 3.8) is 0 Å². The van der Waals surface area contributed by atoms with Crippen molar-refractivity contribution in [1.82, 2.24) is 15.1 Å². The van der Waals surface area contributed by atoms with Gasteiger partial charge < -0.3 is 16.2 Å². The van der Waals surface area contributed by atoms with Gasteiger partial charge in [0.05, 0.1) is 11.6 Å². The summed E-state index contributed by atoms with van der Waals surface area (Å²) in [5, 5.41) is 16.1. The molecular formula is C18H20N4O4. The van der Waals surface area contributed by atoms with E-state index in [1.165, 1.54) is 10.7 Å². The quantitative estimate of drug-likeness (QED) is 0.745. The van der Waals surface area contributed by atoms with E-state index >= 15 is 0 Å². The summed E-state index contributed by atoms with van der Waals surface area (Å²) in [6.07, 6.45) is 2.27. The van der Waals surface area contributed by atoms with Crippen LogP contribution in [0.4, 0.5) is 0 Å². The number of amides is 2. The average Bonchev–Trinajstić information content (AvgIpc) is 3.09. The zero-order valence-corrected chi connectivity index (χ0v) is 14.1. The van der Waals surface area contributed by atoms with Crippen LogP contribution in [0, 0.1) is 5.92 Å². The number of carbonyl (C=O) groups excluding carboxylic acids is 2. The van der Waals surface area contributed by atoms with Gasteiger partial charge in [0.25, 0.3) is 11.8 Å². The second-order valence-corrected chi connectivity index (χ2v) is 6.39. The zero-order valence-electron chi connectivity index (χ0n) is 14.1. The number of carboxylic acids is 1. The zero-order chi connectivity index (χ0) is 18.7. The van der Waals surface area contributed by atoms with Crippen molar-refractivity contribution >= 4 is 17.8 Å². The van der Waals surface area contributed by atoms with Crippen molar-refractivity contribution in [3.05, 3.63) is 47.8 Å². The van der Waals surface area contributed by atoms with Crippen LogP contribution in [-0.2, 0) is 4.79 Å². The third-order valence-electron chi connectivity index (χ3n) is 4.61. The molecule has 2 amide bonds. The van der Waals surface area contributed by atoms with E-state index in [9.17, 15) is 14.4 Å². The molecule has 1 heterocycles. The summed E-state index contributed by atoms with van der Waals surface area (Å²) in [6.45, 7) is 0. The van der Waals surface area contributed by atoms with E-state index < -0.39 is 17.8 Å². The van der Waals surface area contributed by atoms with Gasteiger partial charge in [0.1, 0.15) is 5.69 Å². The first kappa shape index (κ1) is 17.7. The van der Waals surface area contributed by atoms with Crippen LogP contribution < -0.4 is 11.1 Å². The van der Waals surface area contributed by atoms with Crippen molar-refractivity contribution in [2.75, 3.05) is 0 Å². The summed E-state index contributed by atoms with van der Waals surface area (Å²) >= 11 is 0. The van der Waals surface area contributed by atoms with Gasteiger partial charge in [0, 0.05) is 12.1 Å². The Kier molecular flexibility index (Phi) is 5.01. The van der Waals surface area contributed by atoms with E-state index in [1.54, 1.807) is 24.3 Å². The number of nitrogens with two attached hydrogens (primary N) is 1. The van der Waals surface area contributed by atoms with Gasteiger partial charge in [-0.1, -0.05) is 18.2 Å². The molecule has 1 aromatic carbocycles. The lowest BCUT2D eigenvalue weighted by molar-refractivity contribution is -0.142. The molecule has 1 aliphatic rings. The Morgan fingerprint density at radius 1 is 1.12 bits per heavy atom. The van der Waals surface area contributed by atoms with E-state index in [0.717, 1.165) is 0 Å². The van der Waals surface area contributed by atoms with Gasteiger partial charge >= 0.3 is 5.97 Å². The standard InChI is InChI=1S/C18H20N4O4/c19-16(23)15-10-14(21-22(15)13-4-2-1-3-5-13)17(24)20-12-8-6-11(7-9-12)18(25)26/h1-5,10-12H,6-9H2,(H2,19,23)(H,20,24)(H,25,26). The van der Waals surface area contributed by atoms with Gasteiger partial charge in [-0.15, -0.1) is 0 Å². The third kappa shape index (κ3) is 3.74. The first-order chi connectivity index (χ1) is 12.5. The summed E-state index contributed by atoms with van der Waals surface area (Å²) in [7, 11) is 0. The Labute approximate surface area is 150 Å². The van der Waals surface area contributed by atoms with Gasteiger partial charge in [0.2, 0.25) is 0 Å². The molecule has 3 rings (SSSR count). The van der Waals surface area contributed by atoms with Gasteiger partial charge in [-0.05, 0) is 37.8 Å². The Bertz CT molecular complexity index is 823. The Morgan fingerprint density at radius 2 is 1.77 bits per heavy atom. The van der Waals surface area contributed by atoms with Crippen molar-refractivity contribution in [3.8, 4) is 5.69 Å². The van der Waals surface area contributed by atoms with Crippen LogP contribution >= 0.6 is 0 Å². The van der Waals surface area contributed by atoms with E-state index in [-0.39, 0.29) is 23.3 Å². The predicted molar refractivity (Wildman–Crippen MR) is 92.9 cm³/mol. The average molecular weight is 356 g/mol. The number of aliphatic carboxylic acids is 1. The molecule has 1 aromatic heterocycles. The van der Waals surface area contributed by atoms with Crippen molar-refractivity contribution < 1.29 is 19.5 Å². The van der Waals surface area contributed by atoms with E-state index in [2.05, 4.69) is 10.4 Å². The molecule has 0 saturated heterocycles. The minimum Gasteiger partial charge on any atom is -0.481 e. The molecule has 1 fully saturated rings. The summed E-state index contributed by atoms with van der Waals surface area (Å²) < 4.78 is 1.35. The van der Waals surface area contributed by atoms with E-state index in [4.69, 9.17) is 10.8 Å². The number of nitrogens with zero attached hydrogens (tertiary/aromatic N) is 2. The van der Waals surface area contributed by atoms with Crippen LogP contribution in [0.2, 0.25) is 0 Å².